The van der Waals surface area contributed by atoms with Crippen LogP contribution in [0.15, 0.2) is 48.1 Å². The third kappa shape index (κ3) is 2.86. The van der Waals surface area contributed by atoms with Crippen LogP contribution in [-0.4, -0.2) is 25.0 Å². The van der Waals surface area contributed by atoms with Crippen LogP contribution in [0, 0.1) is 12.8 Å². The maximum atomic E-state index is 11.9. The molecule has 0 aromatic heterocycles. The summed E-state index contributed by atoms with van der Waals surface area (Å²) < 4.78 is 11.1. The summed E-state index contributed by atoms with van der Waals surface area (Å²) in [4.78, 5) is 23.7. The number of carbonyl (C=O) groups excluding carboxylic acids is 2. The number of benzene rings is 1. The van der Waals surface area contributed by atoms with E-state index in [1.54, 1.807) is 13.0 Å². The number of aryl methyl sites for hydroxylation is 1. The smallest absolute Gasteiger partial charge is 0.330 e. The molecule has 0 bridgehead atoms. The zero-order valence-corrected chi connectivity index (χ0v) is 13.4. The van der Waals surface area contributed by atoms with Gasteiger partial charge in [-0.25, -0.2) is 4.79 Å². The molecule has 3 rings (SSSR count). The van der Waals surface area contributed by atoms with E-state index in [0.29, 0.717) is 19.6 Å². The summed E-state index contributed by atoms with van der Waals surface area (Å²) in [6.07, 6.45) is 5.25. The number of allylic oxidation sites excluding steroid dienone is 1. The maximum Gasteiger partial charge on any atom is 0.330 e. The Morgan fingerprint density at radius 2 is 2.13 bits per heavy atom. The first kappa shape index (κ1) is 15.7. The second-order valence-electron chi connectivity index (χ2n) is 5.98. The number of ether oxygens (including phenoxy) is 2. The van der Waals surface area contributed by atoms with E-state index in [2.05, 4.69) is 0 Å². The number of ketones is 1. The minimum atomic E-state index is -0.667. The molecule has 4 nitrogen and oxygen atoms in total. The van der Waals surface area contributed by atoms with E-state index in [1.165, 1.54) is 6.08 Å². The number of rotatable bonds is 3. The second kappa shape index (κ2) is 6.13. The fourth-order valence-corrected chi connectivity index (χ4v) is 3.28. The van der Waals surface area contributed by atoms with Gasteiger partial charge in [-0.05, 0) is 37.1 Å². The van der Waals surface area contributed by atoms with Gasteiger partial charge in [0.15, 0.2) is 5.78 Å². The van der Waals surface area contributed by atoms with Crippen LogP contribution in [0.25, 0.3) is 0 Å². The highest BCUT2D eigenvalue weighted by Crippen LogP contribution is 2.49. The summed E-state index contributed by atoms with van der Waals surface area (Å²) in [6.45, 7) is 4.46. The molecule has 2 aliphatic rings. The minimum absolute atomic E-state index is 0.0537. The van der Waals surface area contributed by atoms with Gasteiger partial charge >= 0.3 is 5.97 Å². The predicted molar refractivity (Wildman–Crippen MR) is 85.8 cm³/mol. The van der Waals surface area contributed by atoms with Crippen LogP contribution in [0.1, 0.15) is 24.5 Å². The van der Waals surface area contributed by atoms with Gasteiger partial charge in [0.05, 0.1) is 13.2 Å². The Bertz CT molecular complexity index is 684. The summed E-state index contributed by atoms with van der Waals surface area (Å²) >= 11 is 0. The van der Waals surface area contributed by atoms with Gasteiger partial charge in [-0.2, -0.15) is 0 Å². The Labute approximate surface area is 135 Å². The fourth-order valence-electron chi connectivity index (χ4n) is 3.28. The lowest BCUT2D eigenvalue weighted by atomic mass is 9.73. The molecule has 120 valence electrons. The van der Waals surface area contributed by atoms with Crippen LogP contribution in [0.2, 0.25) is 0 Å². The van der Waals surface area contributed by atoms with Crippen LogP contribution in [0.3, 0.4) is 0 Å². The Kier molecular flexibility index (Phi) is 4.18. The molecule has 1 aliphatic carbocycles. The number of hydrogen-bond acceptors (Lipinski definition) is 4. The average molecular weight is 312 g/mol. The molecule has 1 unspecified atom stereocenters. The molecule has 1 saturated heterocycles. The van der Waals surface area contributed by atoms with E-state index in [-0.39, 0.29) is 17.7 Å². The van der Waals surface area contributed by atoms with Crippen LogP contribution in [0.4, 0.5) is 0 Å². The van der Waals surface area contributed by atoms with Crippen molar-refractivity contribution in [1.82, 2.24) is 0 Å². The molecule has 0 radical (unpaired) electrons. The molecular formula is C19H20O4. The van der Waals surface area contributed by atoms with Gasteiger partial charge in [-0.3, -0.25) is 4.79 Å². The van der Waals surface area contributed by atoms with Crippen LogP contribution in [0.5, 0.6) is 0 Å². The Morgan fingerprint density at radius 1 is 1.39 bits per heavy atom. The zero-order chi connectivity index (χ0) is 16.4. The lowest BCUT2D eigenvalue weighted by Crippen LogP contribution is -2.35. The Morgan fingerprint density at radius 3 is 2.83 bits per heavy atom. The van der Waals surface area contributed by atoms with Crippen molar-refractivity contribution in [2.75, 3.05) is 13.2 Å². The molecule has 0 N–H and O–H groups in total. The number of fused-ring (bicyclic) bond motifs is 1. The monoisotopic (exact) mass is 312 g/mol. The molecule has 0 spiro atoms. The van der Waals surface area contributed by atoms with Crippen molar-refractivity contribution in [3.63, 3.8) is 0 Å². The molecule has 1 aliphatic heterocycles. The Balaban J connectivity index is 2.01. The molecule has 2 atom stereocenters. The van der Waals surface area contributed by atoms with E-state index in [9.17, 15) is 9.59 Å². The summed E-state index contributed by atoms with van der Waals surface area (Å²) in [5.41, 5.74) is 2.32. The highest BCUT2D eigenvalue weighted by Gasteiger charge is 2.49. The minimum Gasteiger partial charge on any atom is -0.463 e. The molecule has 0 amide bonds. The van der Waals surface area contributed by atoms with Gasteiger partial charge in [-0.1, -0.05) is 29.8 Å². The third-order valence-electron chi connectivity index (χ3n) is 4.46. The van der Waals surface area contributed by atoms with Crippen molar-refractivity contribution in [1.29, 1.82) is 0 Å². The molecule has 1 fully saturated rings. The van der Waals surface area contributed by atoms with Crippen LogP contribution in [-0.2, 0) is 24.7 Å². The predicted octanol–water partition coefficient (Wildman–Crippen LogP) is 2.86. The fraction of sp³-hybridized carbons (Fsp3) is 0.368. The summed E-state index contributed by atoms with van der Waals surface area (Å²) in [6, 6.07) is 8.11. The molecule has 4 heteroatoms. The quantitative estimate of drug-likeness (QED) is 0.636. The number of hydrogen-bond donors (Lipinski definition) is 0. The van der Waals surface area contributed by atoms with Crippen molar-refractivity contribution < 1.29 is 19.1 Å². The zero-order valence-electron chi connectivity index (χ0n) is 13.4. The molecule has 23 heavy (non-hydrogen) atoms. The summed E-state index contributed by atoms with van der Waals surface area (Å²) in [5, 5.41) is 0. The molecular weight excluding hydrogens is 292 g/mol. The number of esters is 1. The third-order valence-corrected chi connectivity index (χ3v) is 4.46. The van der Waals surface area contributed by atoms with Crippen LogP contribution < -0.4 is 0 Å². The van der Waals surface area contributed by atoms with E-state index in [4.69, 9.17) is 9.47 Å². The van der Waals surface area contributed by atoms with Crippen molar-refractivity contribution in [2.24, 2.45) is 5.92 Å². The van der Waals surface area contributed by atoms with Crippen molar-refractivity contribution in [3.8, 4) is 0 Å². The summed E-state index contributed by atoms with van der Waals surface area (Å²) in [7, 11) is 0. The molecule has 0 saturated carbocycles. The highest BCUT2D eigenvalue weighted by molar-refractivity contribution is 5.92. The SMILES string of the molecule is CCOC(=O)/C=C1/CO[C@]2(c3ccc(C)cc3)C=CC(=O)CC12. The first-order chi connectivity index (χ1) is 11.0. The Hall–Kier alpha value is -2.20. The van der Waals surface area contributed by atoms with E-state index < -0.39 is 5.60 Å². The highest BCUT2D eigenvalue weighted by atomic mass is 16.5. The first-order valence-corrected chi connectivity index (χ1v) is 7.85. The van der Waals surface area contributed by atoms with Crippen molar-refractivity contribution >= 4 is 11.8 Å². The molecule has 1 aromatic rings. The van der Waals surface area contributed by atoms with Gasteiger partial charge in [-0.15, -0.1) is 0 Å². The van der Waals surface area contributed by atoms with Crippen LogP contribution >= 0.6 is 0 Å². The maximum absolute atomic E-state index is 11.9. The standard InChI is InChI=1S/C19H20O4/c1-3-22-18(21)10-14-12-23-19(9-8-16(20)11-17(14)19)15-6-4-13(2)5-7-15/h4-10,17H,3,11-12H2,1-2H3/b14-10-/t17?,19-/m0/s1. The lowest BCUT2D eigenvalue weighted by Gasteiger charge is -2.34. The van der Waals surface area contributed by atoms with Gasteiger partial charge in [0.2, 0.25) is 0 Å². The average Bonchev–Trinajstić information content (AvgIpc) is 2.87. The van der Waals surface area contributed by atoms with E-state index in [1.807, 2.05) is 37.3 Å². The van der Waals surface area contributed by atoms with Gasteiger partial charge < -0.3 is 9.47 Å². The van der Waals surface area contributed by atoms with Gasteiger partial charge in [0.1, 0.15) is 5.60 Å². The topological polar surface area (TPSA) is 52.6 Å². The van der Waals surface area contributed by atoms with Gasteiger partial charge in [0.25, 0.3) is 0 Å². The van der Waals surface area contributed by atoms with Gasteiger partial charge in [0, 0.05) is 18.4 Å². The van der Waals surface area contributed by atoms with Crippen molar-refractivity contribution in [3.05, 3.63) is 59.2 Å². The lowest BCUT2D eigenvalue weighted by molar-refractivity contribution is -0.137. The van der Waals surface area contributed by atoms with E-state index in [0.717, 1.165) is 16.7 Å². The first-order valence-electron chi connectivity index (χ1n) is 7.85. The van der Waals surface area contributed by atoms with Crippen molar-refractivity contribution in [2.45, 2.75) is 25.9 Å². The molecule has 1 heterocycles. The normalized spacial score (nSPS) is 28.0. The largest absolute Gasteiger partial charge is 0.463 e. The van der Waals surface area contributed by atoms with E-state index >= 15 is 0 Å². The summed E-state index contributed by atoms with van der Waals surface area (Å²) in [5.74, 6) is -0.488. The second-order valence-corrected chi connectivity index (χ2v) is 5.98. The number of carbonyl (C=O) groups is 2. The molecule has 1 aromatic carbocycles.